The van der Waals surface area contributed by atoms with E-state index in [4.69, 9.17) is 0 Å². The van der Waals surface area contributed by atoms with Crippen molar-refractivity contribution in [3.05, 3.63) is 58.0 Å². The zero-order valence-electron chi connectivity index (χ0n) is 9.15. The summed E-state index contributed by atoms with van der Waals surface area (Å²) in [6, 6.07) is 9.70. The Morgan fingerprint density at radius 2 is 2.18 bits per heavy atom. The lowest BCUT2D eigenvalue weighted by Crippen LogP contribution is -2.25. The van der Waals surface area contributed by atoms with Gasteiger partial charge in [-0.2, -0.15) is 0 Å². The number of hydrogen-bond acceptors (Lipinski definition) is 2. The van der Waals surface area contributed by atoms with E-state index >= 15 is 0 Å². The number of rotatable bonds is 4. The molecule has 1 N–H and O–H groups in total. The average molecular weight is 249 g/mol. The van der Waals surface area contributed by atoms with E-state index in [-0.39, 0.29) is 5.91 Å². The number of carbonyl (C=O) groups is 1. The molecule has 0 unspecified atom stereocenters. The van der Waals surface area contributed by atoms with Crippen LogP contribution in [-0.4, -0.2) is 12.5 Å². The molecule has 0 saturated carbocycles. The highest BCUT2D eigenvalue weighted by Crippen LogP contribution is 2.08. The molecule has 4 heteroatoms. The predicted molar refractivity (Wildman–Crippen MR) is 66.8 cm³/mol. The van der Waals surface area contributed by atoms with Crippen molar-refractivity contribution >= 4 is 17.2 Å². The molecule has 0 aliphatic heterocycles. The quantitative estimate of drug-likeness (QED) is 0.887. The van der Waals surface area contributed by atoms with E-state index in [1.54, 1.807) is 17.4 Å². The van der Waals surface area contributed by atoms with Gasteiger partial charge in [-0.05, 0) is 36.1 Å². The van der Waals surface area contributed by atoms with Crippen LogP contribution in [0, 0.1) is 5.82 Å². The fraction of sp³-hybridized carbons (Fsp3) is 0.154. The molecule has 0 aliphatic carbocycles. The van der Waals surface area contributed by atoms with Crippen LogP contribution in [0.25, 0.3) is 0 Å². The molecule has 0 aliphatic rings. The van der Waals surface area contributed by atoms with Gasteiger partial charge < -0.3 is 5.32 Å². The monoisotopic (exact) mass is 249 g/mol. The van der Waals surface area contributed by atoms with E-state index in [1.165, 1.54) is 23.1 Å². The number of amides is 1. The van der Waals surface area contributed by atoms with Gasteiger partial charge in [0.2, 0.25) is 0 Å². The van der Waals surface area contributed by atoms with Gasteiger partial charge in [0.25, 0.3) is 5.91 Å². The third-order valence-electron chi connectivity index (χ3n) is 2.32. The summed E-state index contributed by atoms with van der Waals surface area (Å²) in [4.78, 5) is 12.9. The molecule has 1 heterocycles. The second-order valence-corrected chi connectivity index (χ2v) is 4.63. The van der Waals surface area contributed by atoms with Crippen LogP contribution >= 0.6 is 11.3 Å². The molecule has 0 spiro atoms. The predicted octanol–water partition coefficient (Wildman–Crippen LogP) is 2.86. The topological polar surface area (TPSA) is 29.1 Å². The lowest BCUT2D eigenvalue weighted by atomic mass is 10.2. The molecule has 2 nitrogen and oxygen atoms in total. The fourth-order valence-electron chi connectivity index (χ4n) is 1.49. The van der Waals surface area contributed by atoms with E-state index in [0.29, 0.717) is 12.1 Å². The first-order chi connectivity index (χ1) is 8.25. The molecular formula is C13H12FNOS. The maximum Gasteiger partial charge on any atom is 0.251 e. The Morgan fingerprint density at radius 3 is 2.88 bits per heavy atom. The van der Waals surface area contributed by atoms with Crippen molar-refractivity contribution in [1.82, 2.24) is 5.32 Å². The van der Waals surface area contributed by atoms with Crippen LogP contribution in [0.4, 0.5) is 4.39 Å². The molecular weight excluding hydrogens is 237 g/mol. The number of hydrogen-bond donors (Lipinski definition) is 1. The fourth-order valence-corrected chi connectivity index (χ4v) is 2.19. The summed E-state index contributed by atoms with van der Waals surface area (Å²) >= 11 is 1.66. The molecule has 88 valence electrons. The van der Waals surface area contributed by atoms with Crippen LogP contribution < -0.4 is 5.32 Å². The standard InChI is InChI=1S/C13H12FNOS/c14-11-4-1-3-10(9-11)13(16)15-7-6-12-5-2-8-17-12/h1-5,8-9H,6-7H2,(H,15,16). The molecule has 0 radical (unpaired) electrons. The molecule has 0 saturated heterocycles. The zero-order valence-corrected chi connectivity index (χ0v) is 9.97. The molecule has 1 amide bonds. The Bertz CT molecular complexity index is 496. The highest BCUT2D eigenvalue weighted by atomic mass is 32.1. The van der Waals surface area contributed by atoms with Crippen molar-refractivity contribution in [2.24, 2.45) is 0 Å². The molecule has 0 fully saturated rings. The van der Waals surface area contributed by atoms with Gasteiger partial charge in [0.15, 0.2) is 0 Å². The van der Waals surface area contributed by atoms with E-state index in [9.17, 15) is 9.18 Å². The molecule has 17 heavy (non-hydrogen) atoms. The van der Waals surface area contributed by atoms with Crippen molar-refractivity contribution in [1.29, 1.82) is 0 Å². The van der Waals surface area contributed by atoms with Crippen molar-refractivity contribution in [2.75, 3.05) is 6.54 Å². The smallest absolute Gasteiger partial charge is 0.251 e. The van der Waals surface area contributed by atoms with Gasteiger partial charge in [0.05, 0.1) is 0 Å². The van der Waals surface area contributed by atoms with Crippen LogP contribution in [0.3, 0.4) is 0 Å². The Hall–Kier alpha value is -1.68. The summed E-state index contributed by atoms with van der Waals surface area (Å²) in [6.07, 6.45) is 0.804. The van der Waals surface area contributed by atoms with Crippen molar-refractivity contribution in [2.45, 2.75) is 6.42 Å². The van der Waals surface area contributed by atoms with Crippen LogP contribution in [0.5, 0.6) is 0 Å². The van der Waals surface area contributed by atoms with Gasteiger partial charge in [-0.1, -0.05) is 12.1 Å². The van der Waals surface area contributed by atoms with E-state index < -0.39 is 5.82 Å². The van der Waals surface area contributed by atoms with Gasteiger partial charge in [-0.25, -0.2) is 4.39 Å². The first kappa shape index (κ1) is 11.8. The summed E-state index contributed by atoms with van der Waals surface area (Å²) < 4.78 is 12.9. The zero-order chi connectivity index (χ0) is 12.1. The highest BCUT2D eigenvalue weighted by Gasteiger charge is 2.05. The lowest BCUT2D eigenvalue weighted by Gasteiger charge is -2.04. The Balaban J connectivity index is 1.85. The summed E-state index contributed by atoms with van der Waals surface area (Å²) in [5, 5.41) is 4.77. The van der Waals surface area contributed by atoms with Crippen LogP contribution in [0.2, 0.25) is 0 Å². The van der Waals surface area contributed by atoms with Crippen LogP contribution in [0.1, 0.15) is 15.2 Å². The van der Waals surface area contributed by atoms with E-state index in [1.807, 2.05) is 17.5 Å². The average Bonchev–Trinajstić information content (AvgIpc) is 2.82. The van der Waals surface area contributed by atoms with E-state index in [0.717, 1.165) is 6.42 Å². The lowest BCUT2D eigenvalue weighted by molar-refractivity contribution is 0.0954. The summed E-state index contributed by atoms with van der Waals surface area (Å²) in [5.74, 6) is -0.628. The Labute approximate surface area is 103 Å². The van der Waals surface area contributed by atoms with Gasteiger partial charge in [-0.3, -0.25) is 4.79 Å². The van der Waals surface area contributed by atoms with Gasteiger partial charge >= 0.3 is 0 Å². The minimum atomic E-state index is -0.393. The number of carbonyl (C=O) groups excluding carboxylic acids is 1. The first-order valence-electron chi connectivity index (χ1n) is 5.32. The highest BCUT2D eigenvalue weighted by molar-refractivity contribution is 7.09. The van der Waals surface area contributed by atoms with Crippen LogP contribution in [-0.2, 0) is 6.42 Å². The summed E-state index contributed by atoms with van der Waals surface area (Å²) in [7, 11) is 0. The van der Waals surface area contributed by atoms with Gasteiger partial charge in [-0.15, -0.1) is 11.3 Å². The third kappa shape index (κ3) is 3.39. The Morgan fingerprint density at radius 1 is 1.29 bits per heavy atom. The molecule has 0 bridgehead atoms. The second-order valence-electron chi connectivity index (χ2n) is 3.60. The third-order valence-corrected chi connectivity index (χ3v) is 3.26. The number of thiophene rings is 1. The maximum absolute atomic E-state index is 12.9. The SMILES string of the molecule is O=C(NCCc1cccs1)c1cccc(F)c1. The minimum Gasteiger partial charge on any atom is -0.352 e. The largest absolute Gasteiger partial charge is 0.352 e. The molecule has 0 atom stereocenters. The summed E-state index contributed by atoms with van der Waals surface area (Å²) in [5.41, 5.74) is 0.358. The molecule has 1 aromatic heterocycles. The Kier molecular flexibility index (Phi) is 3.88. The first-order valence-corrected chi connectivity index (χ1v) is 6.20. The van der Waals surface area contributed by atoms with Crippen molar-refractivity contribution in [3.63, 3.8) is 0 Å². The second kappa shape index (κ2) is 5.59. The van der Waals surface area contributed by atoms with Crippen LogP contribution in [0.15, 0.2) is 41.8 Å². The molecule has 2 rings (SSSR count). The molecule has 1 aromatic carbocycles. The van der Waals surface area contributed by atoms with Crippen molar-refractivity contribution < 1.29 is 9.18 Å². The number of halogens is 1. The maximum atomic E-state index is 12.9. The molecule has 2 aromatic rings. The number of benzene rings is 1. The number of nitrogens with one attached hydrogen (secondary N) is 1. The summed E-state index contributed by atoms with van der Waals surface area (Å²) in [6.45, 7) is 0.565. The van der Waals surface area contributed by atoms with Gasteiger partial charge in [0.1, 0.15) is 5.82 Å². The van der Waals surface area contributed by atoms with Gasteiger partial charge in [0, 0.05) is 17.0 Å². The van der Waals surface area contributed by atoms with Crippen molar-refractivity contribution in [3.8, 4) is 0 Å². The normalized spacial score (nSPS) is 10.2. The van der Waals surface area contributed by atoms with E-state index in [2.05, 4.69) is 5.32 Å². The minimum absolute atomic E-state index is 0.235.